The van der Waals surface area contributed by atoms with Crippen molar-refractivity contribution in [2.45, 2.75) is 26.3 Å². The summed E-state index contributed by atoms with van der Waals surface area (Å²) < 4.78 is 0. The van der Waals surface area contributed by atoms with Gasteiger partial charge in [0.25, 0.3) is 4.92 Å². The summed E-state index contributed by atoms with van der Waals surface area (Å²) in [4.78, 5) is 15.4. The van der Waals surface area contributed by atoms with Crippen molar-refractivity contribution in [3.05, 3.63) is 29.2 Å². The van der Waals surface area contributed by atoms with Gasteiger partial charge in [0.15, 0.2) is 0 Å². The molecule has 1 fully saturated rings. The van der Waals surface area contributed by atoms with Crippen LogP contribution in [0.2, 0.25) is 0 Å². The van der Waals surface area contributed by atoms with Crippen molar-refractivity contribution in [3.63, 3.8) is 0 Å². The van der Waals surface area contributed by atoms with Gasteiger partial charge in [0.2, 0.25) is 0 Å². The van der Waals surface area contributed by atoms with Gasteiger partial charge in [0.1, 0.15) is 0 Å². The van der Waals surface area contributed by atoms with Crippen molar-refractivity contribution in [1.29, 1.82) is 0 Å². The predicted molar refractivity (Wildman–Crippen MR) is 75.1 cm³/mol. The smallest absolute Gasteiger partial charge is 0.316 e. The third-order valence-corrected chi connectivity index (χ3v) is 3.66. The van der Waals surface area contributed by atoms with Gasteiger partial charge in [-0.1, -0.05) is 0 Å². The fourth-order valence-electron chi connectivity index (χ4n) is 2.43. The fourth-order valence-corrected chi connectivity index (χ4v) is 2.43. The molecular weight excluding hydrogens is 242 g/mol. The van der Waals surface area contributed by atoms with E-state index in [1.807, 2.05) is 12.1 Å². The van der Waals surface area contributed by atoms with Crippen LogP contribution in [0.1, 0.15) is 20.8 Å². The van der Waals surface area contributed by atoms with Gasteiger partial charge in [-0.15, -0.1) is 0 Å². The molecule has 5 nitrogen and oxygen atoms in total. The van der Waals surface area contributed by atoms with Gasteiger partial charge >= 0.3 is 5.69 Å². The molecule has 0 bridgehead atoms. The van der Waals surface area contributed by atoms with Crippen molar-refractivity contribution in [1.82, 2.24) is 4.90 Å². The zero-order valence-electron chi connectivity index (χ0n) is 11.8. The number of piperazine rings is 1. The molecule has 1 heterocycles. The van der Waals surface area contributed by atoms with Gasteiger partial charge in [0.05, 0.1) is 4.91 Å². The molecule has 104 valence electrons. The lowest BCUT2D eigenvalue weighted by Crippen LogP contribution is -2.53. The van der Waals surface area contributed by atoms with Crippen LogP contribution < -0.4 is 4.90 Å². The molecule has 0 unspecified atom stereocenters. The Morgan fingerprint density at radius 2 is 1.58 bits per heavy atom. The van der Waals surface area contributed by atoms with E-state index in [1.54, 1.807) is 12.1 Å². The van der Waals surface area contributed by atoms with E-state index in [2.05, 4.69) is 30.6 Å². The molecule has 1 aliphatic heterocycles. The van der Waals surface area contributed by atoms with E-state index in [9.17, 15) is 4.91 Å². The Balaban J connectivity index is 2.00. The highest BCUT2D eigenvalue weighted by atomic mass is 16.6. The topological polar surface area (TPSA) is 46.8 Å². The highest BCUT2D eigenvalue weighted by Crippen LogP contribution is 2.22. The zero-order chi connectivity index (χ0) is 14.0. The Morgan fingerprint density at radius 1 is 1.05 bits per heavy atom. The summed E-state index contributed by atoms with van der Waals surface area (Å²) in [5.41, 5.74) is 1.58. The third-order valence-electron chi connectivity index (χ3n) is 3.66. The van der Waals surface area contributed by atoms with E-state index >= 15 is 0 Å². The molecule has 19 heavy (non-hydrogen) atoms. The first-order valence-electron chi connectivity index (χ1n) is 6.64. The first-order chi connectivity index (χ1) is 8.88. The quantitative estimate of drug-likeness (QED) is 0.833. The van der Waals surface area contributed by atoms with Crippen LogP contribution in [0.15, 0.2) is 24.3 Å². The van der Waals surface area contributed by atoms with E-state index in [-0.39, 0.29) is 16.1 Å². The lowest BCUT2D eigenvalue weighted by molar-refractivity contribution is -0.729. The Bertz CT molecular complexity index is 443. The molecular formula is C14H22N3O2+. The van der Waals surface area contributed by atoms with Gasteiger partial charge in [-0.3, -0.25) is 4.90 Å². The van der Waals surface area contributed by atoms with Gasteiger partial charge < -0.3 is 4.90 Å². The Hall–Kier alpha value is -1.62. The fraction of sp³-hybridized carbons (Fsp3) is 0.571. The first kappa shape index (κ1) is 13.8. The summed E-state index contributed by atoms with van der Waals surface area (Å²) in [5, 5.41) is 8.81. The van der Waals surface area contributed by atoms with Crippen molar-refractivity contribution in [3.8, 4) is 0 Å². The molecule has 5 heteroatoms. The highest BCUT2D eigenvalue weighted by molar-refractivity contribution is 5.51. The van der Waals surface area contributed by atoms with E-state index in [0.29, 0.717) is 0 Å². The molecule has 2 rings (SSSR count). The van der Waals surface area contributed by atoms with E-state index in [4.69, 9.17) is 5.21 Å². The molecule has 0 aliphatic carbocycles. The molecule has 0 aromatic heterocycles. The average Bonchev–Trinajstić information content (AvgIpc) is 2.38. The second kappa shape index (κ2) is 5.17. The van der Waals surface area contributed by atoms with Crippen LogP contribution >= 0.6 is 0 Å². The molecule has 0 amide bonds. The minimum atomic E-state index is -0.110. The van der Waals surface area contributed by atoms with Crippen LogP contribution in [0.5, 0.6) is 0 Å². The van der Waals surface area contributed by atoms with E-state index in [0.717, 1.165) is 31.9 Å². The lowest BCUT2D eigenvalue weighted by atomic mass is 10.0. The number of benzene rings is 1. The number of rotatable bonds is 2. The maximum absolute atomic E-state index is 10.7. The van der Waals surface area contributed by atoms with Crippen LogP contribution in [-0.4, -0.2) is 46.7 Å². The Kier molecular flexibility index (Phi) is 3.75. The Morgan fingerprint density at radius 3 is 2.00 bits per heavy atom. The summed E-state index contributed by atoms with van der Waals surface area (Å²) >= 11 is 0. The average molecular weight is 264 g/mol. The monoisotopic (exact) mass is 264 g/mol. The number of nitrogens with zero attached hydrogens (tertiary/aromatic N) is 3. The minimum Gasteiger partial charge on any atom is -0.369 e. The van der Waals surface area contributed by atoms with Gasteiger partial charge in [-0.05, 0) is 32.9 Å². The number of hydrogen-bond acceptors (Lipinski definition) is 3. The van der Waals surface area contributed by atoms with Gasteiger partial charge in [-0.25, -0.2) is 5.21 Å². The van der Waals surface area contributed by atoms with Crippen LogP contribution in [-0.2, 0) is 0 Å². The second-order valence-electron chi connectivity index (χ2n) is 5.93. The number of hydrogen-bond donors (Lipinski definition) is 1. The highest BCUT2D eigenvalue weighted by Gasteiger charge is 2.26. The summed E-state index contributed by atoms with van der Waals surface area (Å²) in [7, 11) is 0. The number of anilines is 1. The molecule has 0 atom stereocenters. The van der Waals surface area contributed by atoms with Crippen LogP contribution in [0.25, 0.3) is 0 Å². The van der Waals surface area contributed by atoms with E-state index < -0.39 is 0 Å². The van der Waals surface area contributed by atoms with Crippen molar-refractivity contribution in [2.24, 2.45) is 0 Å². The molecule has 1 saturated heterocycles. The molecule has 0 saturated carbocycles. The van der Waals surface area contributed by atoms with Crippen LogP contribution in [0.4, 0.5) is 11.4 Å². The zero-order valence-corrected chi connectivity index (χ0v) is 11.8. The molecule has 1 aliphatic rings. The summed E-state index contributed by atoms with van der Waals surface area (Å²) in [5.74, 6) is 0. The lowest BCUT2D eigenvalue weighted by Gasteiger charge is -2.43. The predicted octanol–water partition coefficient (Wildman–Crippen LogP) is 2.41. The molecule has 0 spiro atoms. The minimum absolute atomic E-state index is 0.110. The standard InChI is InChI=1S/C14H22N3O2/c1-14(2,3)16-10-8-15(9-11-16)12-4-6-13(7-5-12)17(18)19/h4-7H,8-11H2,1-3H3,(H,18,19)/q+1. The van der Waals surface area contributed by atoms with Crippen LogP contribution in [0, 0.1) is 4.91 Å². The first-order valence-corrected chi connectivity index (χ1v) is 6.64. The van der Waals surface area contributed by atoms with Gasteiger partial charge in [-0.2, -0.15) is 0 Å². The summed E-state index contributed by atoms with van der Waals surface area (Å²) in [6, 6.07) is 7.03. The summed E-state index contributed by atoms with van der Waals surface area (Å²) in [6.07, 6.45) is 0. The molecule has 0 radical (unpaired) electrons. The SMILES string of the molecule is CC(C)(C)N1CCN(c2ccc([N+](=O)O)cc2)CC1. The van der Waals surface area contributed by atoms with Crippen molar-refractivity contribution in [2.75, 3.05) is 31.1 Å². The Labute approximate surface area is 114 Å². The third kappa shape index (κ3) is 3.23. The van der Waals surface area contributed by atoms with Crippen molar-refractivity contribution < 1.29 is 10.1 Å². The van der Waals surface area contributed by atoms with Crippen molar-refractivity contribution >= 4 is 11.4 Å². The maximum Gasteiger partial charge on any atom is 0.316 e. The summed E-state index contributed by atoms with van der Waals surface area (Å²) in [6.45, 7) is 10.8. The maximum atomic E-state index is 10.7. The van der Waals surface area contributed by atoms with E-state index in [1.165, 1.54) is 0 Å². The molecule has 1 aromatic rings. The van der Waals surface area contributed by atoms with Crippen LogP contribution in [0.3, 0.4) is 0 Å². The molecule has 1 aromatic carbocycles. The molecule has 1 N–H and O–H groups in total. The van der Waals surface area contributed by atoms with Gasteiger partial charge in [0, 0.05) is 49.5 Å². The normalized spacial score (nSPS) is 17.5. The largest absolute Gasteiger partial charge is 0.369 e. The second-order valence-corrected chi connectivity index (χ2v) is 5.93.